The molecule has 1 amide bonds. The number of sulfone groups is 1. The zero-order valence-electron chi connectivity index (χ0n) is 15.9. The van der Waals surface area contributed by atoms with Gasteiger partial charge >= 0.3 is 0 Å². The molecule has 8 heteroatoms. The van der Waals surface area contributed by atoms with Crippen molar-refractivity contribution >= 4 is 15.7 Å². The van der Waals surface area contributed by atoms with Gasteiger partial charge in [0.25, 0.3) is 5.91 Å². The Kier molecular flexibility index (Phi) is 5.14. The maximum Gasteiger partial charge on any atom is 0.272 e. The van der Waals surface area contributed by atoms with E-state index in [0.717, 1.165) is 42.7 Å². The van der Waals surface area contributed by atoms with Crippen molar-refractivity contribution < 1.29 is 17.9 Å². The monoisotopic (exact) mass is 403 g/mol. The van der Waals surface area contributed by atoms with Gasteiger partial charge in [-0.25, -0.2) is 8.42 Å². The molecule has 1 saturated carbocycles. The first-order valence-corrected chi connectivity index (χ1v) is 11.5. The average Bonchev–Trinajstić information content (AvgIpc) is 3.41. The fourth-order valence-electron chi connectivity index (χ4n) is 4.06. The van der Waals surface area contributed by atoms with Crippen molar-refractivity contribution in [1.29, 1.82) is 0 Å². The summed E-state index contributed by atoms with van der Waals surface area (Å²) in [6.45, 7) is 0. The molecule has 1 aromatic carbocycles. The zero-order valence-corrected chi connectivity index (χ0v) is 16.7. The Morgan fingerprint density at radius 3 is 2.50 bits per heavy atom. The smallest absolute Gasteiger partial charge is 0.272 e. The number of hydrogen-bond acceptors (Lipinski definition) is 5. The minimum atomic E-state index is -3.06. The maximum atomic E-state index is 12.7. The van der Waals surface area contributed by atoms with Crippen LogP contribution in [-0.4, -0.2) is 48.8 Å². The van der Waals surface area contributed by atoms with Crippen LogP contribution in [-0.2, 0) is 9.84 Å². The van der Waals surface area contributed by atoms with Crippen LogP contribution < -0.4 is 10.1 Å². The normalized spacial score (nSPS) is 21.7. The number of nitrogens with one attached hydrogen (secondary N) is 1. The van der Waals surface area contributed by atoms with E-state index in [1.54, 1.807) is 17.9 Å². The first-order chi connectivity index (χ1) is 13.4. The third-order valence-corrected chi connectivity index (χ3v) is 7.35. The first kappa shape index (κ1) is 19.0. The Labute approximate surface area is 165 Å². The highest BCUT2D eigenvalue weighted by atomic mass is 32.2. The lowest BCUT2D eigenvalue weighted by molar-refractivity contribution is 0.0931. The van der Waals surface area contributed by atoms with Gasteiger partial charge < -0.3 is 10.1 Å². The Morgan fingerprint density at radius 2 is 1.89 bits per heavy atom. The molecular formula is C20H25N3O4S. The second-order valence-corrected chi connectivity index (χ2v) is 9.83. The summed E-state index contributed by atoms with van der Waals surface area (Å²) in [5, 5.41) is 7.59. The fourth-order valence-corrected chi connectivity index (χ4v) is 5.75. The molecular weight excluding hydrogens is 378 g/mol. The molecule has 150 valence electrons. The van der Waals surface area contributed by atoms with Crippen molar-refractivity contribution in [1.82, 2.24) is 15.1 Å². The minimum Gasteiger partial charge on any atom is -0.497 e. The highest BCUT2D eigenvalue weighted by Crippen LogP contribution is 2.31. The van der Waals surface area contributed by atoms with Gasteiger partial charge in [-0.2, -0.15) is 5.10 Å². The van der Waals surface area contributed by atoms with Crippen LogP contribution in [0.15, 0.2) is 30.3 Å². The molecule has 1 aliphatic carbocycles. The van der Waals surface area contributed by atoms with Crippen molar-refractivity contribution in [3.8, 4) is 17.0 Å². The second-order valence-electron chi connectivity index (χ2n) is 7.60. The van der Waals surface area contributed by atoms with Crippen LogP contribution in [0.4, 0.5) is 0 Å². The molecule has 2 fully saturated rings. The predicted molar refractivity (Wildman–Crippen MR) is 106 cm³/mol. The Bertz CT molecular complexity index is 960. The summed E-state index contributed by atoms with van der Waals surface area (Å²) >= 11 is 0. The molecule has 28 heavy (non-hydrogen) atoms. The molecule has 4 rings (SSSR count). The maximum absolute atomic E-state index is 12.7. The quantitative estimate of drug-likeness (QED) is 0.829. The number of aromatic nitrogens is 2. The number of carbonyl (C=O) groups excluding carboxylic acids is 1. The van der Waals surface area contributed by atoms with Gasteiger partial charge in [0.2, 0.25) is 0 Å². The third kappa shape index (κ3) is 3.92. The van der Waals surface area contributed by atoms with Gasteiger partial charge in [-0.05, 0) is 49.6 Å². The van der Waals surface area contributed by atoms with Crippen molar-refractivity contribution in [3.63, 3.8) is 0 Å². The van der Waals surface area contributed by atoms with E-state index in [0.29, 0.717) is 12.1 Å². The summed E-state index contributed by atoms with van der Waals surface area (Å²) < 4.78 is 30.9. The van der Waals surface area contributed by atoms with Crippen LogP contribution in [0.5, 0.6) is 5.75 Å². The minimum absolute atomic E-state index is 0.0571. The van der Waals surface area contributed by atoms with Crippen LogP contribution in [0, 0.1) is 0 Å². The van der Waals surface area contributed by atoms with Crippen LogP contribution in [0.2, 0.25) is 0 Å². The summed E-state index contributed by atoms with van der Waals surface area (Å²) in [6, 6.07) is 9.19. The standard InChI is InChI=1S/C20H25N3O4S/c1-27-17-8-6-14(7-9-17)19-12-18(20(24)21-15-4-2-3-5-15)22-23(19)16-10-11-28(25,26)13-16/h6-9,12,15-16H,2-5,10-11,13H2,1H3,(H,21,24)/t16-/m0/s1. The lowest BCUT2D eigenvalue weighted by Gasteiger charge is -2.13. The first-order valence-electron chi connectivity index (χ1n) is 9.70. The SMILES string of the molecule is COc1ccc(-c2cc(C(=O)NC3CCCC3)nn2[C@H]2CCS(=O)(=O)C2)cc1. The summed E-state index contributed by atoms with van der Waals surface area (Å²) in [6.07, 6.45) is 4.78. The molecule has 1 aromatic heterocycles. The number of ether oxygens (including phenoxy) is 1. The molecule has 2 aromatic rings. The van der Waals surface area contributed by atoms with Crippen molar-refractivity contribution in [2.24, 2.45) is 0 Å². The Hall–Kier alpha value is -2.35. The molecule has 2 aliphatic rings. The van der Waals surface area contributed by atoms with Crippen LogP contribution in [0.1, 0.15) is 48.6 Å². The van der Waals surface area contributed by atoms with E-state index in [1.807, 2.05) is 24.3 Å². The van der Waals surface area contributed by atoms with Gasteiger partial charge in [0, 0.05) is 11.6 Å². The van der Waals surface area contributed by atoms with Crippen LogP contribution in [0.25, 0.3) is 11.3 Å². The van der Waals surface area contributed by atoms with Crippen LogP contribution in [0.3, 0.4) is 0 Å². The van der Waals surface area contributed by atoms with E-state index in [-0.39, 0.29) is 29.5 Å². The molecule has 1 saturated heterocycles. The molecule has 2 heterocycles. The summed E-state index contributed by atoms with van der Waals surface area (Å²) in [5.41, 5.74) is 1.96. The number of carbonyl (C=O) groups is 1. The number of rotatable bonds is 5. The largest absolute Gasteiger partial charge is 0.497 e. The summed E-state index contributed by atoms with van der Waals surface area (Å²) in [7, 11) is -1.46. The van der Waals surface area contributed by atoms with E-state index in [1.165, 1.54) is 0 Å². The highest BCUT2D eigenvalue weighted by Gasteiger charge is 2.32. The summed E-state index contributed by atoms with van der Waals surface area (Å²) in [5.74, 6) is 0.753. The average molecular weight is 404 g/mol. The predicted octanol–water partition coefficient (Wildman–Crippen LogP) is 2.59. The van der Waals surface area contributed by atoms with E-state index in [9.17, 15) is 13.2 Å². The van der Waals surface area contributed by atoms with E-state index in [2.05, 4.69) is 10.4 Å². The number of benzene rings is 1. The topological polar surface area (TPSA) is 90.3 Å². The highest BCUT2D eigenvalue weighted by molar-refractivity contribution is 7.91. The number of methoxy groups -OCH3 is 1. The molecule has 0 bridgehead atoms. The molecule has 1 aliphatic heterocycles. The lowest BCUT2D eigenvalue weighted by atomic mass is 10.1. The van der Waals surface area contributed by atoms with Crippen molar-refractivity contribution in [2.45, 2.75) is 44.2 Å². The molecule has 1 atom stereocenters. The molecule has 0 unspecified atom stereocenters. The van der Waals surface area contributed by atoms with E-state index in [4.69, 9.17) is 4.74 Å². The zero-order chi connectivity index (χ0) is 19.7. The number of hydrogen-bond donors (Lipinski definition) is 1. The molecule has 7 nitrogen and oxygen atoms in total. The van der Waals surface area contributed by atoms with Gasteiger partial charge in [-0.1, -0.05) is 12.8 Å². The Morgan fingerprint density at radius 1 is 1.18 bits per heavy atom. The molecule has 0 spiro atoms. The lowest BCUT2D eigenvalue weighted by Crippen LogP contribution is -2.33. The van der Waals surface area contributed by atoms with Gasteiger partial charge in [0.1, 0.15) is 5.75 Å². The van der Waals surface area contributed by atoms with Gasteiger partial charge in [0.05, 0.1) is 30.4 Å². The number of nitrogens with zero attached hydrogens (tertiary/aromatic N) is 2. The van der Waals surface area contributed by atoms with Crippen molar-refractivity contribution in [3.05, 3.63) is 36.0 Å². The van der Waals surface area contributed by atoms with E-state index < -0.39 is 9.84 Å². The third-order valence-electron chi connectivity index (χ3n) is 5.60. The van der Waals surface area contributed by atoms with E-state index >= 15 is 0 Å². The van der Waals surface area contributed by atoms with Crippen LogP contribution >= 0.6 is 0 Å². The number of amides is 1. The second kappa shape index (κ2) is 7.58. The fraction of sp³-hybridized carbons (Fsp3) is 0.500. The summed E-state index contributed by atoms with van der Waals surface area (Å²) in [4.78, 5) is 12.7. The Balaban J connectivity index is 1.67. The van der Waals surface area contributed by atoms with Crippen molar-refractivity contribution in [2.75, 3.05) is 18.6 Å². The van der Waals surface area contributed by atoms with Gasteiger partial charge in [-0.15, -0.1) is 0 Å². The van der Waals surface area contributed by atoms with Gasteiger partial charge in [-0.3, -0.25) is 9.48 Å². The van der Waals surface area contributed by atoms with Gasteiger partial charge in [0.15, 0.2) is 15.5 Å². The molecule has 0 radical (unpaired) electrons. The molecule has 1 N–H and O–H groups in total.